The minimum absolute atomic E-state index is 0.116. The molecule has 25 heavy (non-hydrogen) atoms. The summed E-state index contributed by atoms with van der Waals surface area (Å²) in [6, 6.07) is 6.99. The Labute approximate surface area is 148 Å². The number of rotatable bonds is 5. The normalized spacial score (nSPS) is 11.8. The molecule has 0 amide bonds. The van der Waals surface area contributed by atoms with Gasteiger partial charge in [-0.15, -0.1) is 11.3 Å². The highest BCUT2D eigenvalue weighted by Crippen LogP contribution is 2.26. The second-order valence-corrected chi connectivity index (χ2v) is 8.10. The van der Waals surface area contributed by atoms with Crippen LogP contribution >= 0.6 is 11.3 Å². The summed E-state index contributed by atoms with van der Waals surface area (Å²) in [6.45, 7) is 1.97. The van der Waals surface area contributed by atoms with Crippen molar-refractivity contribution in [2.75, 3.05) is 24.2 Å². The lowest BCUT2D eigenvalue weighted by Gasteiger charge is -2.18. The van der Waals surface area contributed by atoms with Gasteiger partial charge in [0.1, 0.15) is 10.6 Å². The Hall–Kier alpha value is -2.23. The second-order valence-electron chi connectivity index (χ2n) is 5.67. The SMILES string of the molecule is Cc1csc(-c2cc3ccc(N(C)CCS(=O)(=O)O)cc3oc2=O)n1. The van der Waals surface area contributed by atoms with Gasteiger partial charge in [-0.05, 0) is 25.1 Å². The highest BCUT2D eigenvalue weighted by atomic mass is 32.2. The van der Waals surface area contributed by atoms with Crippen LogP contribution in [0.4, 0.5) is 5.69 Å². The maximum absolute atomic E-state index is 12.3. The monoisotopic (exact) mass is 380 g/mol. The summed E-state index contributed by atoms with van der Waals surface area (Å²) in [5, 5.41) is 3.23. The molecule has 0 atom stereocenters. The fourth-order valence-electron chi connectivity index (χ4n) is 2.35. The van der Waals surface area contributed by atoms with Crippen LogP contribution in [0.1, 0.15) is 5.69 Å². The average Bonchev–Trinajstić information content (AvgIpc) is 2.97. The molecule has 0 spiro atoms. The van der Waals surface area contributed by atoms with Crippen LogP contribution in [0.5, 0.6) is 0 Å². The first kappa shape index (κ1) is 17.6. The van der Waals surface area contributed by atoms with E-state index in [2.05, 4.69) is 4.98 Å². The number of aryl methyl sites for hydroxylation is 1. The van der Waals surface area contributed by atoms with E-state index >= 15 is 0 Å². The summed E-state index contributed by atoms with van der Waals surface area (Å²) in [5.74, 6) is -0.381. The Kier molecular flexibility index (Phi) is 4.63. The summed E-state index contributed by atoms with van der Waals surface area (Å²) in [6.07, 6.45) is 0. The van der Waals surface area contributed by atoms with E-state index in [4.69, 9.17) is 8.97 Å². The first-order chi connectivity index (χ1) is 11.7. The van der Waals surface area contributed by atoms with Gasteiger partial charge in [0, 0.05) is 41.8 Å². The molecule has 3 rings (SSSR count). The zero-order valence-corrected chi connectivity index (χ0v) is 15.2. The van der Waals surface area contributed by atoms with Crippen molar-refractivity contribution in [1.82, 2.24) is 4.98 Å². The Morgan fingerprint density at radius 1 is 1.32 bits per heavy atom. The predicted octanol–water partition coefficient (Wildman–Crippen LogP) is 2.55. The van der Waals surface area contributed by atoms with Crippen LogP contribution in [0.25, 0.3) is 21.5 Å². The zero-order chi connectivity index (χ0) is 18.2. The van der Waals surface area contributed by atoms with Crippen LogP contribution in [-0.2, 0) is 10.1 Å². The van der Waals surface area contributed by atoms with Crippen molar-refractivity contribution >= 4 is 38.1 Å². The molecule has 0 unspecified atom stereocenters. The number of nitrogens with zero attached hydrogens (tertiary/aromatic N) is 2. The van der Waals surface area contributed by atoms with Gasteiger partial charge in [-0.2, -0.15) is 8.42 Å². The van der Waals surface area contributed by atoms with Gasteiger partial charge in [-0.3, -0.25) is 4.55 Å². The lowest BCUT2D eigenvalue weighted by atomic mass is 10.1. The highest BCUT2D eigenvalue weighted by molar-refractivity contribution is 7.85. The smallest absolute Gasteiger partial charge is 0.346 e. The van der Waals surface area contributed by atoms with E-state index in [1.165, 1.54) is 11.3 Å². The molecule has 0 saturated carbocycles. The Morgan fingerprint density at radius 2 is 2.08 bits per heavy atom. The Balaban J connectivity index is 1.95. The Morgan fingerprint density at radius 3 is 2.72 bits per heavy atom. The molecule has 0 aliphatic heterocycles. The van der Waals surface area contributed by atoms with E-state index in [0.717, 1.165) is 11.1 Å². The largest absolute Gasteiger partial charge is 0.422 e. The molecular weight excluding hydrogens is 364 g/mol. The fourth-order valence-corrected chi connectivity index (χ4v) is 3.65. The molecule has 0 aliphatic rings. The van der Waals surface area contributed by atoms with Crippen molar-refractivity contribution in [3.05, 3.63) is 45.8 Å². The van der Waals surface area contributed by atoms with Crippen LogP contribution in [0.15, 0.2) is 38.9 Å². The van der Waals surface area contributed by atoms with Crippen LogP contribution in [0.2, 0.25) is 0 Å². The first-order valence-corrected chi connectivity index (χ1v) is 9.88. The van der Waals surface area contributed by atoms with Crippen molar-refractivity contribution in [2.45, 2.75) is 6.92 Å². The number of hydrogen-bond acceptors (Lipinski definition) is 7. The van der Waals surface area contributed by atoms with Gasteiger partial charge in [0.15, 0.2) is 0 Å². The zero-order valence-electron chi connectivity index (χ0n) is 13.6. The molecule has 1 N–H and O–H groups in total. The molecular formula is C16H16N2O5S2. The van der Waals surface area contributed by atoms with Crippen molar-refractivity contribution in [3.8, 4) is 10.6 Å². The maximum Gasteiger partial charge on any atom is 0.346 e. The van der Waals surface area contributed by atoms with E-state index < -0.39 is 15.7 Å². The molecule has 1 aromatic carbocycles. The molecule has 0 aliphatic carbocycles. The van der Waals surface area contributed by atoms with Gasteiger partial charge in [0.2, 0.25) is 0 Å². The molecule has 2 heterocycles. The van der Waals surface area contributed by atoms with Crippen molar-refractivity contribution in [1.29, 1.82) is 0 Å². The number of fused-ring (bicyclic) bond motifs is 1. The molecule has 0 bridgehead atoms. The topological polar surface area (TPSA) is 101 Å². The average molecular weight is 380 g/mol. The minimum atomic E-state index is -4.03. The van der Waals surface area contributed by atoms with Gasteiger partial charge in [-0.25, -0.2) is 9.78 Å². The number of thiazole rings is 1. The molecule has 9 heteroatoms. The van der Waals surface area contributed by atoms with Gasteiger partial charge >= 0.3 is 5.63 Å². The molecule has 2 aromatic heterocycles. The van der Waals surface area contributed by atoms with E-state index in [0.29, 0.717) is 21.8 Å². The quantitative estimate of drug-likeness (QED) is 0.536. The standard InChI is InChI=1S/C16H16N2O5S2/c1-10-9-24-15(17-10)13-7-11-3-4-12(8-14(11)23-16(13)19)18(2)5-6-25(20,21)22/h3-4,7-9H,5-6H2,1-2H3,(H,20,21,22). The lowest BCUT2D eigenvalue weighted by molar-refractivity contribution is 0.483. The minimum Gasteiger partial charge on any atom is -0.422 e. The highest BCUT2D eigenvalue weighted by Gasteiger charge is 2.13. The molecule has 7 nitrogen and oxygen atoms in total. The third-order valence-electron chi connectivity index (χ3n) is 3.69. The molecule has 0 radical (unpaired) electrons. The van der Waals surface area contributed by atoms with Crippen molar-refractivity contribution in [2.24, 2.45) is 0 Å². The van der Waals surface area contributed by atoms with Gasteiger partial charge < -0.3 is 9.32 Å². The van der Waals surface area contributed by atoms with Gasteiger partial charge in [0.25, 0.3) is 10.1 Å². The van der Waals surface area contributed by atoms with E-state index in [-0.39, 0.29) is 12.3 Å². The van der Waals surface area contributed by atoms with Crippen molar-refractivity contribution in [3.63, 3.8) is 0 Å². The van der Waals surface area contributed by atoms with Gasteiger partial charge in [0.05, 0.1) is 11.3 Å². The third-order valence-corrected chi connectivity index (χ3v) is 5.39. The number of anilines is 1. The van der Waals surface area contributed by atoms with E-state index in [1.807, 2.05) is 12.3 Å². The summed E-state index contributed by atoms with van der Waals surface area (Å²) in [4.78, 5) is 18.2. The number of hydrogen-bond donors (Lipinski definition) is 1. The third kappa shape index (κ3) is 4.06. The van der Waals surface area contributed by atoms with E-state index in [1.54, 1.807) is 36.2 Å². The fraction of sp³-hybridized carbons (Fsp3) is 0.250. The molecule has 0 saturated heterocycles. The summed E-state index contributed by atoms with van der Waals surface area (Å²) < 4.78 is 36.0. The van der Waals surface area contributed by atoms with Crippen molar-refractivity contribution < 1.29 is 17.4 Å². The summed E-state index contributed by atoms with van der Waals surface area (Å²) >= 11 is 1.38. The van der Waals surface area contributed by atoms with Crippen LogP contribution in [0.3, 0.4) is 0 Å². The second kappa shape index (κ2) is 6.58. The van der Waals surface area contributed by atoms with Crippen LogP contribution < -0.4 is 10.5 Å². The van der Waals surface area contributed by atoms with E-state index in [9.17, 15) is 13.2 Å². The maximum atomic E-state index is 12.3. The molecule has 0 fully saturated rings. The van der Waals surface area contributed by atoms with Crippen LogP contribution in [0, 0.1) is 6.92 Å². The Bertz CT molecular complexity index is 1090. The predicted molar refractivity (Wildman–Crippen MR) is 98.0 cm³/mol. The molecule has 132 valence electrons. The number of benzene rings is 1. The lowest BCUT2D eigenvalue weighted by Crippen LogP contribution is -2.24. The van der Waals surface area contributed by atoms with Gasteiger partial charge in [-0.1, -0.05) is 0 Å². The van der Waals surface area contributed by atoms with Crippen LogP contribution in [-0.4, -0.2) is 37.3 Å². The molecule has 3 aromatic rings. The summed E-state index contributed by atoms with van der Waals surface area (Å²) in [5.41, 5.74) is 1.86. The number of aromatic nitrogens is 1. The summed E-state index contributed by atoms with van der Waals surface area (Å²) in [7, 11) is -2.34. The first-order valence-electron chi connectivity index (χ1n) is 7.40.